The molecule has 0 aromatic rings. The summed E-state index contributed by atoms with van der Waals surface area (Å²) < 4.78 is 0. The van der Waals surface area contributed by atoms with E-state index in [4.69, 9.17) is 0 Å². The van der Waals surface area contributed by atoms with Crippen molar-refractivity contribution < 1.29 is 4.79 Å². The lowest BCUT2D eigenvalue weighted by molar-refractivity contribution is -0.114. The zero-order valence-corrected chi connectivity index (χ0v) is 8.81. The Hall–Kier alpha value is -0.240. The highest BCUT2D eigenvalue weighted by molar-refractivity contribution is 7.97. The molecule has 1 unspecified atom stereocenters. The van der Waals surface area contributed by atoms with Crippen LogP contribution < -0.4 is 0 Å². The average molecular weight is 197 g/mol. The number of hydrogen-bond donors (Lipinski definition) is 0. The first-order valence-electron chi connectivity index (χ1n) is 5.23. The lowest BCUT2D eigenvalue weighted by Gasteiger charge is -2.09. The third kappa shape index (κ3) is 2.37. The highest BCUT2D eigenvalue weighted by Gasteiger charge is 2.32. The molecule has 1 heterocycles. The highest BCUT2D eigenvalue weighted by Crippen LogP contribution is 2.24. The van der Waals surface area contributed by atoms with Crippen LogP contribution in [-0.4, -0.2) is 22.5 Å². The van der Waals surface area contributed by atoms with Crippen LogP contribution in [0.4, 0.5) is 0 Å². The van der Waals surface area contributed by atoms with E-state index in [1.54, 1.807) is 0 Å². The van der Waals surface area contributed by atoms with E-state index in [0.29, 0.717) is 16.7 Å². The van der Waals surface area contributed by atoms with Gasteiger partial charge >= 0.3 is 0 Å². The molecule has 2 rings (SSSR count). The standard InChI is InChI=1S/C11H17OS/c12-10-4-3-5-11(7-6-10)13-8-1-2-9-13/h6-7,11H,1-5,8-9H2/q+1. The number of rotatable bonds is 1. The molecule has 13 heavy (non-hydrogen) atoms. The summed E-state index contributed by atoms with van der Waals surface area (Å²) in [7, 11) is 0.621. The van der Waals surface area contributed by atoms with Crippen molar-refractivity contribution in [3.63, 3.8) is 0 Å². The zero-order valence-electron chi connectivity index (χ0n) is 8.00. The van der Waals surface area contributed by atoms with Crippen LogP contribution in [0.3, 0.4) is 0 Å². The second-order valence-electron chi connectivity index (χ2n) is 3.91. The molecule has 0 aromatic heterocycles. The minimum absolute atomic E-state index is 0.338. The molecule has 0 saturated carbocycles. The number of carbonyl (C=O) groups excluding carboxylic acids is 1. The Morgan fingerprint density at radius 1 is 1.23 bits per heavy atom. The summed E-state index contributed by atoms with van der Waals surface area (Å²) in [6, 6.07) is 0. The van der Waals surface area contributed by atoms with Crippen molar-refractivity contribution >= 4 is 16.7 Å². The van der Waals surface area contributed by atoms with Gasteiger partial charge in [-0.05, 0) is 48.7 Å². The topological polar surface area (TPSA) is 17.1 Å². The van der Waals surface area contributed by atoms with Crippen LogP contribution in [0.15, 0.2) is 12.2 Å². The summed E-state index contributed by atoms with van der Waals surface area (Å²) in [4.78, 5) is 11.2. The average Bonchev–Trinajstić information content (AvgIpc) is 2.56. The first kappa shape index (κ1) is 9.32. The molecule has 2 heteroatoms. The van der Waals surface area contributed by atoms with E-state index in [2.05, 4.69) is 6.08 Å². The van der Waals surface area contributed by atoms with Gasteiger partial charge in [0.1, 0.15) is 16.8 Å². The van der Waals surface area contributed by atoms with Crippen LogP contribution in [0.5, 0.6) is 0 Å². The number of allylic oxidation sites excluding steroid dienone is 1. The van der Waals surface area contributed by atoms with Crippen molar-refractivity contribution in [2.24, 2.45) is 0 Å². The Morgan fingerprint density at radius 3 is 2.77 bits per heavy atom. The fourth-order valence-corrected chi connectivity index (χ4v) is 4.89. The highest BCUT2D eigenvalue weighted by atomic mass is 32.2. The lowest BCUT2D eigenvalue weighted by atomic mass is 10.2. The van der Waals surface area contributed by atoms with Gasteiger partial charge in [0.15, 0.2) is 5.78 Å². The van der Waals surface area contributed by atoms with E-state index in [1.807, 2.05) is 6.08 Å². The van der Waals surface area contributed by atoms with E-state index in [9.17, 15) is 4.79 Å². The van der Waals surface area contributed by atoms with Crippen molar-refractivity contribution in [3.05, 3.63) is 12.2 Å². The van der Waals surface area contributed by atoms with Crippen LogP contribution in [0, 0.1) is 0 Å². The predicted molar refractivity (Wildman–Crippen MR) is 58.1 cm³/mol. The van der Waals surface area contributed by atoms with E-state index >= 15 is 0 Å². The van der Waals surface area contributed by atoms with Gasteiger partial charge in [0.2, 0.25) is 0 Å². The third-order valence-electron chi connectivity index (χ3n) is 2.90. The van der Waals surface area contributed by atoms with Gasteiger partial charge in [0.05, 0.1) is 0 Å². The molecule has 0 aromatic carbocycles. The molecule has 1 aliphatic heterocycles. The maximum Gasteiger partial charge on any atom is 0.155 e. The van der Waals surface area contributed by atoms with Crippen LogP contribution in [0.1, 0.15) is 32.1 Å². The van der Waals surface area contributed by atoms with Gasteiger partial charge in [0.25, 0.3) is 0 Å². The van der Waals surface area contributed by atoms with Crippen molar-refractivity contribution in [2.45, 2.75) is 37.4 Å². The Kier molecular flexibility index (Phi) is 3.09. The molecule has 1 atom stereocenters. The van der Waals surface area contributed by atoms with E-state index in [1.165, 1.54) is 30.8 Å². The van der Waals surface area contributed by atoms with Gasteiger partial charge in [-0.1, -0.05) is 0 Å². The Balaban J connectivity index is 1.97. The maximum absolute atomic E-state index is 11.2. The molecule has 1 fully saturated rings. The minimum atomic E-state index is 0.338. The van der Waals surface area contributed by atoms with E-state index in [-0.39, 0.29) is 0 Å². The molecule has 0 radical (unpaired) electrons. The summed E-state index contributed by atoms with van der Waals surface area (Å²) in [5.41, 5.74) is 0. The van der Waals surface area contributed by atoms with E-state index < -0.39 is 0 Å². The van der Waals surface area contributed by atoms with Crippen LogP contribution in [0.2, 0.25) is 0 Å². The Bertz CT molecular complexity index is 216. The lowest BCUT2D eigenvalue weighted by Crippen LogP contribution is -2.20. The molecule has 1 aliphatic carbocycles. The molecular weight excluding hydrogens is 180 g/mol. The van der Waals surface area contributed by atoms with Gasteiger partial charge < -0.3 is 0 Å². The molecule has 1 nitrogen and oxygen atoms in total. The molecule has 0 spiro atoms. The summed E-state index contributed by atoms with van der Waals surface area (Å²) in [6.07, 6.45) is 10.0. The Morgan fingerprint density at radius 2 is 2.00 bits per heavy atom. The van der Waals surface area contributed by atoms with Crippen molar-refractivity contribution in [1.29, 1.82) is 0 Å². The van der Waals surface area contributed by atoms with Gasteiger partial charge in [-0.25, -0.2) is 0 Å². The van der Waals surface area contributed by atoms with Gasteiger partial charge in [-0.3, -0.25) is 4.79 Å². The summed E-state index contributed by atoms with van der Waals surface area (Å²) in [5, 5.41) is 0.744. The van der Waals surface area contributed by atoms with Crippen molar-refractivity contribution in [3.8, 4) is 0 Å². The van der Waals surface area contributed by atoms with Crippen molar-refractivity contribution in [2.75, 3.05) is 11.5 Å². The summed E-state index contributed by atoms with van der Waals surface area (Å²) in [6.45, 7) is 0. The molecule has 0 bridgehead atoms. The molecule has 72 valence electrons. The molecule has 0 amide bonds. The summed E-state index contributed by atoms with van der Waals surface area (Å²) >= 11 is 0. The molecule has 1 saturated heterocycles. The zero-order chi connectivity index (χ0) is 9.10. The number of ketones is 1. The van der Waals surface area contributed by atoms with Gasteiger partial charge in [-0.2, -0.15) is 0 Å². The molecular formula is C11H17OS+. The monoisotopic (exact) mass is 197 g/mol. The largest absolute Gasteiger partial charge is 0.295 e. The second-order valence-corrected chi connectivity index (χ2v) is 6.41. The quantitative estimate of drug-likeness (QED) is 0.588. The first-order chi connectivity index (χ1) is 6.36. The third-order valence-corrected chi connectivity index (χ3v) is 5.78. The van der Waals surface area contributed by atoms with E-state index in [0.717, 1.165) is 18.1 Å². The fourth-order valence-electron chi connectivity index (χ4n) is 2.13. The molecule has 2 aliphatic rings. The second kappa shape index (κ2) is 4.32. The summed E-state index contributed by atoms with van der Waals surface area (Å²) in [5.74, 6) is 3.18. The number of hydrogen-bond acceptors (Lipinski definition) is 1. The van der Waals surface area contributed by atoms with Crippen LogP contribution in [-0.2, 0) is 15.7 Å². The normalized spacial score (nSPS) is 30.8. The molecule has 0 N–H and O–H groups in total. The predicted octanol–water partition coefficient (Wildman–Crippen LogP) is 2.08. The van der Waals surface area contributed by atoms with Crippen LogP contribution in [0.25, 0.3) is 0 Å². The maximum atomic E-state index is 11.2. The van der Waals surface area contributed by atoms with Gasteiger partial charge in [0, 0.05) is 6.42 Å². The van der Waals surface area contributed by atoms with Crippen LogP contribution >= 0.6 is 0 Å². The van der Waals surface area contributed by atoms with Gasteiger partial charge in [-0.15, -0.1) is 0 Å². The minimum Gasteiger partial charge on any atom is -0.295 e. The van der Waals surface area contributed by atoms with Crippen molar-refractivity contribution in [1.82, 2.24) is 0 Å². The number of carbonyl (C=O) groups is 1. The Labute approximate surface area is 82.9 Å². The SMILES string of the molecule is O=C1C=CC([S+]2CCCC2)CCC1. The fraction of sp³-hybridized carbons (Fsp3) is 0.727. The first-order valence-corrected chi connectivity index (χ1v) is 6.86. The smallest absolute Gasteiger partial charge is 0.155 e.